The average Bonchev–Trinajstić information content (AvgIpc) is 3.18. The third kappa shape index (κ3) is 6.37. The highest BCUT2D eigenvalue weighted by atomic mass is 35.5. The predicted octanol–water partition coefficient (Wildman–Crippen LogP) is 5.90. The maximum Gasteiger partial charge on any atom is 0.323 e. The Morgan fingerprint density at radius 2 is 1.76 bits per heavy atom. The lowest BCUT2D eigenvalue weighted by Gasteiger charge is -2.23. The van der Waals surface area contributed by atoms with E-state index >= 15 is 0 Å². The average molecular weight is 525 g/mol. The number of rotatable bonds is 5. The van der Waals surface area contributed by atoms with Crippen LogP contribution in [-0.4, -0.2) is 36.1 Å². The van der Waals surface area contributed by atoms with Gasteiger partial charge in [-0.3, -0.25) is 4.79 Å². The third-order valence-electron chi connectivity index (χ3n) is 4.97. The highest BCUT2D eigenvalue weighted by molar-refractivity contribution is 7.18. The van der Waals surface area contributed by atoms with E-state index in [4.69, 9.17) is 34.8 Å². The van der Waals surface area contributed by atoms with Crippen molar-refractivity contribution < 1.29 is 9.59 Å². The topological polar surface area (TPSA) is 95.2 Å². The normalized spacial score (nSPS) is 15.7. The van der Waals surface area contributed by atoms with Crippen LogP contribution < -0.4 is 21.3 Å². The van der Waals surface area contributed by atoms with E-state index in [1.54, 1.807) is 18.2 Å². The van der Waals surface area contributed by atoms with E-state index in [0.717, 1.165) is 29.8 Å². The molecule has 4 rings (SSSR count). The number of urea groups is 1. The summed E-state index contributed by atoms with van der Waals surface area (Å²) in [5.74, 6) is -0.237. The van der Waals surface area contributed by atoms with Crippen LogP contribution in [0.15, 0.2) is 42.5 Å². The second-order valence-corrected chi connectivity index (χ2v) is 9.72. The summed E-state index contributed by atoms with van der Waals surface area (Å²) in [5.41, 5.74) is 1.67. The van der Waals surface area contributed by atoms with Gasteiger partial charge in [0.15, 0.2) is 0 Å². The molecule has 0 radical (unpaired) electrons. The SMILES string of the molecule is O=C(Nc1cc(Cl)nc(Cl)c1)Nc1cc(-c2ccc(Cl)cc2)sc1C(=O)N[C@H]1CCCNC1. The van der Waals surface area contributed by atoms with Gasteiger partial charge in [-0.25, -0.2) is 9.78 Å². The number of halogens is 3. The molecule has 11 heteroatoms. The van der Waals surface area contributed by atoms with Gasteiger partial charge in [0.1, 0.15) is 15.2 Å². The van der Waals surface area contributed by atoms with Gasteiger partial charge in [0, 0.05) is 28.2 Å². The van der Waals surface area contributed by atoms with Crippen LogP contribution in [0.25, 0.3) is 10.4 Å². The zero-order valence-corrected chi connectivity index (χ0v) is 20.3. The summed E-state index contributed by atoms with van der Waals surface area (Å²) in [5, 5.41) is 12.7. The van der Waals surface area contributed by atoms with Gasteiger partial charge in [-0.2, -0.15) is 0 Å². The Morgan fingerprint density at radius 3 is 2.42 bits per heavy atom. The number of carbonyl (C=O) groups excluding carboxylic acids is 2. The lowest BCUT2D eigenvalue weighted by molar-refractivity contribution is 0.0935. The standard InChI is InChI=1S/C22H20Cl3N5O2S/c23-13-5-3-12(4-6-13)17-10-16(20(33-17)21(31)27-14-2-1-7-26-11-14)29-22(32)28-15-8-18(24)30-19(25)9-15/h3-6,8-10,14,26H,1-2,7,11H2,(H,27,31)(H2,28,29,30,32)/t14-/m0/s1. The molecule has 1 aliphatic rings. The monoisotopic (exact) mass is 523 g/mol. The number of aromatic nitrogens is 1. The van der Waals surface area contributed by atoms with E-state index in [1.807, 2.05) is 12.1 Å². The summed E-state index contributed by atoms with van der Waals surface area (Å²) in [6.45, 7) is 1.66. The minimum Gasteiger partial charge on any atom is -0.347 e. The molecule has 0 unspecified atom stereocenters. The van der Waals surface area contributed by atoms with Crippen molar-refractivity contribution in [1.82, 2.24) is 15.6 Å². The molecule has 2 aromatic heterocycles. The van der Waals surface area contributed by atoms with Gasteiger partial charge in [0.05, 0.1) is 5.69 Å². The number of amides is 3. The number of nitrogens with zero attached hydrogens (tertiary/aromatic N) is 1. The second kappa shape index (κ2) is 10.7. The molecule has 172 valence electrons. The maximum atomic E-state index is 13.1. The van der Waals surface area contributed by atoms with Crippen molar-refractivity contribution in [2.75, 3.05) is 23.7 Å². The minimum absolute atomic E-state index is 0.0371. The lowest BCUT2D eigenvalue weighted by Crippen LogP contribution is -2.45. The molecule has 7 nitrogen and oxygen atoms in total. The van der Waals surface area contributed by atoms with Crippen molar-refractivity contribution >= 4 is 69.5 Å². The zero-order valence-electron chi connectivity index (χ0n) is 17.3. The van der Waals surface area contributed by atoms with E-state index in [2.05, 4.69) is 26.3 Å². The molecule has 0 spiro atoms. The molecule has 33 heavy (non-hydrogen) atoms. The first-order valence-electron chi connectivity index (χ1n) is 10.2. The zero-order chi connectivity index (χ0) is 23.4. The Bertz CT molecular complexity index is 1140. The van der Waals surface area contributed by atoms with Crippen molar-refractivity contribution in [3.8, 4) is 10.4 Å². The first-order chi connectivity index (χ1) is 15.9. The molecule has 3 heterocycles. The predicted molar refractivity (Wildman–Crippen MR) is 135 cm³/mol. The van der Waals surface area contributed by atoms with Gasteiger partial charge in [-0.1, -0.05) is 46.9 Å². The second-order valence-electron chi connectivity index (χ2n) is 7.46. The number of thiophene rings is 1. The lowest BCUT2D eigenvalue weighted by atomic mass is 10.1. The van der Waals surface area contributed by atoms with Crippen LogP contribution >= 0.6 is 46.1 Å². The summed E-state index contributed by atoms with van der Waals surface area (Å²) in [4.78, 5) is 30.9. The summed E-state index contributed by atoms with van der Waals surface area (Å²) < 4.78 is 0. The van der Waals surface area contributed by atoms with Crippen molar-refractivity contribution in [3.05, 3.63) is 62.7 Å². The van der Waals surface area contributed by atoms with Crippen LogP contribution in [0.2, 0.25) is 15.3 Å². The summed E-state index contributed by atoms with van der Waals surface area (Å²) in [7, 11) is 0. The van der Waals surface area contributed by atoms with Gasteiger partial charge >= 0.3 is 6.03 Å². The smallest absolute Gasteiger partial charge is 0.323 e. The highest BCUT2D eigenvalue weighted by Gasteiger charge is 2.22. The molecular formula is C22H20Cl3N5O2S. The molecule has 1 fully saturated rings. The van der Waals surface area contributed by atoms with Gasteiger partial charge in [-0.15, -0.1) is 11.3 Å². The van der Waals surface area contributed by atoms with Crippen LogP contribution in [0.3, 0.4) is 0 Å². The van der Waals surface area contributed by atoms with E-state index in [-0.39, 0.29) is 22.3 Å². The van der Waals surface area contributed by atoms with E-state index in [1.165, 1.54) is 23.5 Å². The molecular weight excluding hydrogens is 505 g/mol. The van der Waals surface area contributed by atoms with Crippen LogP contribution in [-0.2, 0) is 0 Å². The Hall–Kier alpha value is -2.36. The quantitative estimate of drug-likeness (QED) is 0.313. The largest absolute Gasteiger partial charge is 0.347 e. The molecule has 0 saturated carbocycles. The minimum atomic E-state index is -0.540. The number of benzene rings is 1. The van der Waals surface area contributed by atoms with E-state index < -0.39 is 6.03 Å². The van der Waals surface area contributed by atoms with E-state index in [0.29, 0.717) is 27.8 Å². The summed E-state index contributed by atoms with van der Waals surface area (Å²) in [6, 6.07) is 11.5. The number of hydrogen-bond donors (Lipinski definition) is 4. The number of pyridine rings is 1. The molecule has 0 bridgehead atoms. The van der Waals surface area contributed by atoms with Gasteiger partial charge in [0.2, 0.25) is 0 Å². The fraction of sp³-hybridized carbons (Fsp3) is 0.227. The van der Waals surface area contributed by atoms with Crippen LogP contribution in [0.5, 0.6) is 0 Å². The van der Waals surface area contributed by atoms with Crippen LogP contribution in [0.1, 0.15) is 22.5 Å². The Labute approximate surface area is 209 Å². The third-order valence-corrected chi connectivity index (χ3v) is 6.79. The fourth-order valence-corrected chi connectivity index (χ4v) is 5.07. The number of carbonyl (C=O) groups is 2. The van der Waals surface area contributed by atoms with Crippen molar-refractivity contribution in [2.24, 2.45) is 0 Å². The highest BCUT2D eigenvalue weighted by Crippen LogP contribution is 2.35. The molecule has 1 saturated heterocycles. The first-order valence-corrected chi connectivity index (χ1v) is 12.1. The van der Waals surface area contributed by atoms with Crippen molar-refractivity contribution in [3.63, 3.8) is 0 Å². The van der Waals surface area contributed by atoms with Gasteiger partial charge < -0.3 is 21.3 Å². The number of anilines is 2. The summed E-state index contributed by atoms with van der Waals surface area (Å²) in [6.07, 6.45) is 1.90. The number of piperidine rings is 1. The molecule has 0 aliphatic carbocycles. The van der Waals surface area contributed by atoms with Gasteiger partial charge in [0.25, 0.3) is 5.91 Å². The summed E-state index contributed by atoms with van der Waals surface area (Å²) >= 11 is 19.1. The Balaban J connectivity index is 1.57. The van der Waals surface area contributed by atoms with Gasteiger partial charge in [-0.05, 0) is 55.3 Å². The maximum absolute atomic E-state index is 13.1. The molecule has 3 amide bonds. The van der Waals surface area contributed by atoms with E-state index in [9.17, 15) is 9.59 Å². The van der Waals surface area contributed by atoms with Crippen LogP contribution in [0.4, 0.5) is 16.2 Å². The van der Waals surface area contributed by atoms with Crippen LogP contribution in [0, 0.1) is 0 Å². The van der Waals surface area contributed by atoms with Crippen molar-refractivity contribution in [2.45, 2.75) is 18.9 Å². The van der Waals surface area contributed by atoms with Crippen molar-refractivity contribution in [1.29, 1.82) is 0 Å². The molecule has 3 aromatic rings. The molecule has 1 aliphatic heterocycles. The number of nitrogens with one attached hydrogen (secondary N) is 4. The Kier molecular flexibility index (Phi) is 7.72. The Morgan fingerprint density at radius 1 is 1.03 bits per heavy atom. The first kappa shape index (κ1) is 23.8. The molecule has 4 N–H and O–H groups in total. The molecule has 1 atom stereocenters. The molecule has 1 aromatic carbocycles. The fourth-order valence-electron chi connectivity index (χ4n) is 3.46. The number of hydrogen-bond acceptors (Lipinski definition) is 5.